The zero-order valence-corrected chi connectivity index (χ0v) is 10.1. The van der Waals surface area contributed by atoms with Gasteiger partial charge in [-0.15, -0.1) is 0 Å². The Morgan fingerprint density at radius 1 is 1.50 bits per heavy atom. The Bertz CT molecular complexity index is 367. The predicted molar refractivity (Wildman–Crippen MR) is 65.6 cm³/mol. The van der Waals surface area contributed by atoms with Gasteiger partial charge in [-0.3, -0.25) is 4.90 Å². The summed E-state index contributed by atoms with van der Waals surface area (Å²) in [4.78, 5) is 13.2. The summed E-state index contributed by atoms with van der Waals surface area (Å²) < 4.78 is 5.05. The van der Waals surface area contributed by atoms with Gasteiger partial charge in [-0.05, 0) is 18.9 Å². The zero-order chi connectivity index (χ0) is 11.5. The molecule has 0 spiro atoms. The predicted octanol–water partition coefficient (Wildman–Crippen LogP) is 2.33. The topological polar surface area (TPSA) is 29.5 Å². The second-order valence-electron chi connectivity index (χ2n) is 3.96. The van der Waals surface area contributed by atoms with Crippen LogP contribution in [0.1, 0.15) is 12.5 Å². The summed E-state index contributed by atoms with van der Waals surface area (Å²) in [6, 6.07) is 10.2. The van der Waals surface area contributed by atoms with Crippen LogP contribution in [0.2, 0.25) is 0 Å². The number of hydrogen-bond acceptors (Lipinski definition) is 3. The lowest BCUT2D eigenvalue weighted by Gasteiger charge is -2.24. The minimum absolute atomic E-state index is 0.0994. The Morgan fingerprint density at radius 3 is 2.81 bits per heavy atom. The molecule has 1 fully saturated rings. The molecule has 0 N–H and O–H groups in total. The van der Waals surface area contributed by atoms with Crippen molar-refractivity contribution >= 4 is 18.7 Å². The van der Waals surface area contributed by atoms with Gasteiger partial charge in [0.1, 0.15) is 6.61 Å². The molecule has 2 atom stereocenters. The van der Waals surface area contributed by atoms with Crippen LogP contribution >= 0.6 is 12.6 Å². The molecule has 0 unspecified atom stereocenters. The Hall–Kier alpha value is -1.16. The van der Waals surface area contributed by atoms with Crippen LogP contribution < -0.4 is 0 Å². The third kappa shape index (κ3) is 2.32. The first kappa shape index (κ1) is 11.3. The molecule has 1 aromatic carbocycles. The maximum Gasteiger partial charge on any atom is 0.411 e. The van der Waals surface area contributed by atoms with E-state index in [-0.39, 0.29) is 17.5 Å². The summed E-state index contributed by atoms with van der Waals surface area (Å²) in [6.07, 6.45) is 0.556. The van der Waals surface area contributed by atoms with E-state index in [2.05, 4.69) is 24.8 Å². The molecule has 0 bridgehead atoms. The Labute approximate surface area is 101 Å². The van der Waals surface area contributed by atoms with Crippen molar-refractivity contribution in [2.45, 2.75) is 24.8 Å². The quantitative estimate of drug-likeness (QED) is 0.818. The highest BCUT2D eigenvalue weighted by Crippen LogP contribution is 2.21. The van der Waals surface area contributed by atoms with Crippen LogP contribution in [0.25, 0.3) is 0 Å². The summed E-state index contributed by atoms with van der Waals surface area (Å²) in [5.74, 6) is 0. The molecule has 3 nitrogen and oxygen atoms in total. The highest BCUT2D eigenvalue weighted by Gasteiger charge is 2.34. The molecule has 0 aromatic heterocycles. The summed E-state index contributed by atoms with van der Waals surface area (Å²) in [7, 11) is 0. The zero-order valence-electron chi connectivity index (χ0n) is 9.17. The largest absolute Gasteiger partial charge is 0.447 e. The van der Waals surface area contributed by atoms with Gasteiger partial charge in [0.15, 0.2) is 0 Å². The number of cyclic esters (lactones) is 1. The maximum atomic E-state index is 11.5. The molecule has 16 heavy (non-hydrogen) atoms. The summed E-state index contributed by atoms with van der Waals surface area (Å²) in [5, 5.41) is -0.108. The number of ether oxygens (including phenoxy) is 1. The minimum Gasteiger partial charge on any atom is -0.447 e. The molecule has 0 radical (unpaired) electrons. The lowest BCUT2D eigenvalue weighted by Crippen LogP contribution is -2.39. The number of benzene rings is 1. The molecule has 86 valence electrons. The Kier molecular flexibility index (Phi) is 3.39. The summed E-state index contributed by atoms with van der Waals surface area (Å²) in [6.45, 7) is 2.34. The fourth-order valence-corrected chi connectivity index (χ4v) is 2.26. The van der Waals surface area contributed by atoms with Gasteiger partial charge in [-0.1, -0.05) is 30.3 Å². The van der Waals surface area contributed by atoms with Gasteiger partial charge in [0.2, 0.25) is 0 Å². The molecule has 1 aromatic rings. The molecule has 4 heteroatoms. The van der Waals surface area contributed by atoms with Gasteiger partial charge in [0, 0.05) is 0 Å². The number of nitrogens with zero attached hydrogens (tertiary/aromatic N) is 1. The SMILES string of the molecule is C[C@H](S)N1C(=O)OC[C@@H]1Cc1ccccc1. The van der Waals surface area contributed by atoms with Crippen molar-refractivity contribution in [1.82, 2.24) is 4.90 Å². The molecule has 1 heterocycles. The highest BCUT2D eigenvalue weighted by atomic mass is 32.1. The van der Waals surface area contributed by atoms with Crippen molar-refractivity contribution in [3.8, 4) is 0 Å². The molecule has 1 amide bonds. The van der Waals surface area contributed by atoms with E-state index in [9.17, 15) is 4.79 Å². The van der Waals surface area contributed by atoms with Crippen LogP contribution in [0.5, 0.6) is 0 Å². The first-order valence-corrected chi connectivity index (χ1v) is 5.87. The van der Waals surface area contributed by atoms with Crippen molar-refractivity contribution in [1.29, 1.82) is 0 Å². The van der Waals surface area contributed by atoms with Crippen molar-refractivity contribution in [2.75, 3.05) is 6.61 Å². The average Bonchev–Trinajstić information content (AvgIpc) is 2.61. The molecular formula is C12H15NO2S. The Morgan fingerprint density at radius 2 is 2.19 bits per heavy atom. The smallest absolute Gasteiger partial charge is 0.411 e. The molecule has 1 aliphatic rings. The third-order valence-corrected chi connectivity index (χ3v) is 2.97. The number of hydrogen-bond donors (Lipinski definition) is 1. The lowest BCUT2D eigenvalue weighted by molar-refractivity contribution is 0.156. The van der Waals surface area contributed by atoms with E-state index in [0.29, 0.717) is 6.61 Å². The first-order chi connectivity index (χ1) is 7.68. The second kappa shape index (κ2) is 4.78. The second-order valence-corrected chi connectivity index (χ2v) is 4.71. The van der Waals surface area contributed by atoms with Crippen molar-refractivity contribution in [3.63, 3.8) is 0 Å². The molecule has 1 aliphatic heterocycles. The van der Waals surface area contributed by atoms with Crippen LogP contribution in [-0.4, -0.2) is 29.0 Å². The average molecular weight is 237 g/mol. The standard InChI is InChI=1S/C12H15NO2S/c1-9(16)13-11(8-15-12(13)14)7-10-5-3-2-4-6-10/h2-6,9,11,16H,7-8H2,1H3/t9-,11-/m0/s1. The monoisotopic (exact) mass is 237 g/mol. The van der Waals surface area contributed by atoms with Crippen LogP contribution in [0.4, 0.5) is 4.79 Å². The minimum atomic E-state index is -0.261. The van der Waals surface area contributed by atoms with Gasteiger partial charge in [-0.25, -0.2) is 4.79 Å². The van der Waals surface area contributed by atoms with Crippen LogP contribution in [0.3, 0.4) is 0 Å². The van der Waals surface area contributed by atoms with E-state index in [1.807, 2.05) is 25.1 Å². The van der Waals surface area contributed by atoms with Crippen molar-refractivity contribution in [2.24, 2.45) is 0 Å². The molecule has 0 aliphatic carbocycles. The normalized spacial score (nSPS) is 22.0. The number of rotatable bonds is 3. The number of thiol groups is 1. The van der Waals surface area contributed by atoms with Crippen LogP contribution in [0, 0.1) is 0 Å². The fourth-order valence-electron chi connectivity index (χ4n) is 1.97. The van der Waals surface area contributed by atoms with Crippen molar-refractivity contribution < 1.29 is 9.53 Å². The maximum absolute atomic E-state index is 11.5. The highest BCUT2D eigenvalue weighted by molar-refractivity contribution is 7.80. The van der Waals surface area contributed by atoms with E-state index in [4.69, 9.17) is 4.74 Å². The third-order valence-electron chi connectivity index (χ3n) is 2.72. The first-order valence-electron chi connectivity index (χ1n) is 5.35. The lowest BCUT2D eigenvalue weighted by atomic mass is 10.1. The van der Waals surface area contributed by atoms with E-state index in [1.165, 1.54) is 5.56 Å². The van der Waals surface area contributed by atoms with E-state index < -0.39 is 0 Å². The van der Waals surface area contributed by atoms with Crippen LogP contribution in [-0.2, 0) is 11.2 Å². The summed E-state index contributed by atoms with van der Waals surface area (Å²) >= 11 is 4.30. The van der Waals surface area contributed by atoms with E-state index in [0.717, 1.165) is 6.42 Å². The molecule has 0 saturated carbocycles. The van der Waals surface area contributed by atoms with E-state index in [1.54, 1.807) is 4.90 Å². The van der Waals surface area contributed by atoms with Gasteiger partial charge < -0.3 is 4.74 Å². The number of amides is 1. The van der Waals surface area contributed by atoms with E-state index >= 15 is 0 Å². The van der Waals surface area contributed by atoms with Gasteiger partial charge >= 0.3 is 6.09 Å². The van der Waals surface area contributed by atoms with Gasteiger partial charge in [0.05, 0.1) is 11.4 Å². The Balaban J connectivity index is 2.07. The number of carbonyl (C=O) groups excluding carboxylic acids is 1. The van der Waals surface area contributed by atoms with Gasteiger partial charge in [-0.2, -0.15) is 12.6 Å². The van der Waals surface area contributed by atoms with Gasteiger partial charge in [0.25, 0.3) is 0 Å². The molecule has 2 rings (SSSR count). The molecule has 1 saturated heterocycles. The van der Waals surface area contributed by atoms with Crippen LogP contribution in [0.15, 0.2) is 30.3 Å². The number of carbonyl (C=O) groups is 1. The molecular weight excluding hydrogens is 222 g/mol. The fraction of sp³-hybridized carbons (Fsp3) is 0.417. The summed E-state index contributed by atoms with van der Waals surface area (Å²) in [5.41, 5.74) is 1.21. The van der Waals surface area contributed by atoms with Crippen molar-refractivity contribution in [3.05, 3.63) is 35.9 Å².